The van der Waals surface area contributed by atoms with Gasteiger partial charge in [-0.25, -0.2) is 0 Å². The Balaban J connectivity index is 2.09. The van der Waals surface area contributed by atoms with E-state index in [9.17, 15) is 0 Å². The minimum absolute atomic E-state index is 1.02. The quantitative estimate of drug-likeness (QED) is 0.629. The fourth-order valence-electron chi connectivity index (χ4n) is 0.899. The largest absolute Gasteiger partial charge is 0.135 e. The van der Waals surface area contributed by atoms with Gasteiger partial charge < -0.3 is 0 Å². The molecule has 0 aliphatic carbocycles. The fraction of sp³-hybridized carbons (Fsp3) is 0.250. The third-order valence-electron chi connectivity index (χ3n) is 1.60. The predicted octanol–water partition coefficient (Wildman–Crippen LogP) is 5.31. The van der Waals surface area contributed by atoms with Crippen LogP contribution in [-0.4, -0.2) is 0 Å². The van der Waals surface area contributed by atoms with Gasteiger partial charge in [0.1, 0.15) is 0 Å². The molecule has 0 N–H and O–H groups in total. The molecule has 0 aromatic heterocycles. The zero-order valence-electron chi connectivity index (χ0n) is 7.31. The Morgan fingerprint density at radius 1 is 1.07 bits per heavy atom. The van der Waals surface area contributed by atoms with Gasteiger partial charge in [0.2, 0.25) is 0 Å². The summed E-state index contributed by atoms with van der Waals surface area (Å²) >= 11 is 15.9. The zero-order chi connectivity index (χ0) is 10.1. The first-order valence-electron chi connectivity index (χ1n) is 3.96. The monoisotopic (exact) mass is 296 g/mol. The van der Waals surface area contributed by atoms with Crippen LogP contribution in [0.5, 0.6) is 0 Å². The summed E-state index contributed by atoms with van der Waals surface area (Å²) in [4.78, 5) is 1.45. The van der Waals surface area contributed by atoms with Gasteiger partial charge in [-0.15, -0.1) is 25.3 Å². The van der Waals surface area contributed by atoms with Gasteiger partial charge in [-0.2, -0.15) is 0 Å². The van der Waals surface area contributed by atoms with Crippen molar-refractivity contribution in [3.05, 3.63) is 27.3 Å². The van der Waals surface area contributed by atoms with E-state index in [0.29, 0.717) is 0 Å². The Bertz CT molecular complexity index is 335. The predicted molar refractivity (Wildman–Crippen MR) is 80.8 cm³/mol. The zero-order valence-corrected chi connectivity index (χ0v) is 12.4. The summed E-state index contributed by atoms with van der Waals surface area (Å²) in [6.45, 7) is 2.19. The number of rotatable bonds is 1. The molecule has 6 heteroatoms. The molecule has 2 aliphatic rings. The van der Waals surface area contributed by atoms with Crippen LogP contribution in [0.3, 0.4) is 0 Å². The summed E-state index contributed by atoms with van der Waals surface area (Å²) < 4.78 is 4.75. The van der Waals surface area contributed by atoms with E-state index in [1.807, 2.05) is 23.5 Å². The van der Waals surface area contributed by atoms with E-state index in [1.54, 1.807) is 23.5 Å². The molecule has 0 saturated carbocycles. The molecule has 2 heterocycles. The van der Waals surface area contributed by atoms with Crippen LogP contribution in [0.25, 0.3) is 0 Å². The second-order valence-electron chi connectivity index (χ2n) is 2.55. The Morgan fingerprint density at radius 2 is 1.71 bits per heavy atom. The number of hydrogen-bond acceptors (Lipinski definition) is 6. The lowest BCUT2D eigenvalue weighted by Crippen LogP contribution is -1.68. The lowest BCUT2D eigenvalue weighted by Gasteiger charge is -2.00. The second-order valence-corrected chi connectivity index (χ2v) is 8.62. The number of hydrogen-bond donors (Lipinski definition) is 2. The van der Waals surface area contributed by atoms with Crippen molar-refractivity contribution in [2.45, 2.75) is 13.3 Å². The molecule has 0 aromatic carbocycles. The van der Waals surface area contributed by atoms with Crippen molar-refractivity contribution < 1.29 is 0 Å². The van der Waals surface area contributed by atoms with Gasteiger partial charge in [-0.3, -0.25) is 0 Å². The normalized spacial score (nSPS) is 22.4. The maximum atomic E-state index is 4.36. The van der Waals surface area contributed by atoms with Gasteiger partial charge in [0.15, 0.2) is 0 Å². The van der Waals surface area contributed by atoms with Gasteiger partial charge in [0.05, 0.1) is 16.9 Å². The van der Waals surface area contributed by atoms with Crippen LogP contribution in [0.1, 0.15) is 13.3 Å². The highest BCUT2D eigenvalue weighted by atomic mass is 32.2. The molecule has 76 valence electrons. The van der Waals surface area contributed by atoms with E-state index in [4.69, 9.17) is 0 Å². The van der Waals surface area contributed by atoms with Crippen molar-refractivity contribution in [1.29, 1.82) is 0 Å². The molecule has 0 nitrogen and oxygen atoms in total. The maximum Gasteiger partial charge on any atom is 0.0716 e. The summed E-state index contributed by atoms with van der Waals surface area (Å²) in [7, 11) is 0. The van der Waals surface area contributed by atoms with Crippen LogP contribution in [-0.2, 0) is 0 Å². The van der Waals surface area contributed by atoms with Crippen molar-refractivity contribution in [3.8, 4) is 0 Å². The molecule has 0 spiro atoms. The van der Waals surface area contributed by atoms with Gasteiger partial charge in [0, 0.05) is 0 Å². The molecule has 14 heavy (non-hydrogen) atoms. The summed E-state index contributed by atoms with van der Waals surface area (Å²) in [6.07, 6.45) is 1.12. The first-order chi connectivity index (χ1) is 6.70. The van der Waals surface area contributed by atoms with E-state index in [2.05, 4.69) is 37.6 Å². The Kier molecular flexibility index (Phi) is 4.30. The van der Waals surface area contributed by atoms with E-state index in [0.717, 1.165) is 14.9 Å². The highest BCUT2D eigenvalue weighted by Crippen LogP contribution is 2.59. The highest BCUT2D eigenvalue weighted by Gasteiger charge is 2.23. The van der Waals surface area contributed by atoms with Gasteiger partial charge in [-0.1, -0.05) is 54.0 Å². The smallest absolute Gasteiger partial charge is 0.0716 e. The summed E-state index contributed by atoms with van der Waals surface area (Å²) in [5.74, 6) is 0. The first kappa shape index (κ1) is 11.8. The lowest BCUT2D eigenvalue weighted by atomic mass is 10.5. The number of thiol groups is 2. The standard InChI is InChI=1S/C8H8S6/c1-2-4-3-11-7(12-4)8-13-5(9)6(10)14-8/h3,9-10H,2H2,1H3. The van der Waals surface area contributed by atoms with Crippen LogP contribution < -0.4 is 0 Å². The molecular formula is C8H8S6. The van der Waals surface area contributed by atoms with E-state index in [1.165, 1.54) is 13.4 Å². The van der Waals surface area contributed by atoms with Gasteiger partial charge >= 0.3 is 0 Å². The molecule has 0 aromatic rings. The summed E-state index contributed by atoms with van der Waals surface area (Å²) in [5.41, 5.74) is 0. The molecular weight excluding hydrogens is 288 g/mol. The fourth-order valence-corrected chi connectivity index (χ4v) is 6.70. The Hall–Kier alpha value is 1.32. The van der Waals surface area contributed by atoms with E-state index in [-0.39, 0.29) is 0 Å². The summed E-state index contributed by atoms with van der Waals surface area (Å²) in [6, 6.07) is 0. The van der Waals surface area contributed by atoms with E-state index < -0.39 is 0 Å². The third kappa shape index (κ3) is 2.52. The molecule has 0 atom stereocenters. The van der Waals surface area contributed by atoms with Crippen LogP contribution >= 0.6 is 72.3 Å². The van der Waals surface area contributed by atoms with Crippen molar-refractivity contribution in [2.24, 2.45) is 0 Å². The molecule has 2 rings (SSSR count). The van der Waals surface area contributed by atoms with E-state index >= 15 is 0 Å². The van der Waals surface area contributed by atoms with Crippen LogP contribution in [0.4, 0.5) is 0 Å². The second kappa shape index (κ2) is 5.10. The van der Waals surface area contributed by atoms with Crippen LogP contribution in [0.15, 0.2) is 27.3 Å². The highest BCUT2D eigenvalue weighted by molar-refractivity contribution is 8.39. The van der Waals surface area contributed by atoms with Gasteiger partial charge in [-0.05, 0) is 16.7 Å². The average Bonchev–Trinajstić information content (AvgIpc) is 2.74. The average molecular weight is 297 g/mol. The lowest BCUT2D eigenvalue weighted by molar-refractivity contribution is 1.21. The van der Waals surface area contributed by atoms with Gasteiger partial charge in [0.25, 0.3) is 0 Å². The van der Waals surface area contributed by atoms with Crippen molar-refractivity contribution in [2.75, 3.05) is 0 Å². The SMILES string of the molecule is CCC1=CSC(=C2SC(S)=C(S)S2)S1. The van der Waals surface area contributed by atoms with Crippen LogP contribution in [0, 0.1) is 0 Å². The molecule has 0 fully saturated rings. The third-order valence-corrected chi connectivity index (χ3v) is 8.36. The van der Waals surface area contributed by atoms with Crippen molar-refractivity contribution in [3.63, 3.8) is 0 Å². The molecule has 0 saturated heterocycles. The minimum atomic E-state index is 1.02. The topological polar surface area (TPSA) is 0 Å². The maximum absolute atomic E-state index is 4.36. The molecule has 0 amide bonds. The molecule has 0 radical (unpaired) electrons. The molecule has 0 unspecified atom stereocenters. The number of allylic oxidation sites excluding steroid dienone is 1. The number of thioether (sulfide) groups is 4. The minimum Gasteiger partial charge on any atom is -0.135 e. The van der Waals surface area contributed by atoms with Crippen molar-refractivity contribution >= 4 is 72.3 Å². The Morgan fingerprint density at radius 3 is 2.21 bits per heavy atom. The Labute approximate surface area is 112 Å². The molecule has 2 aliphatic heterocycles. The van der Waals surface area contributed by atoms with Crippen LogP contribution in [0.2, 0.25) is 0 Å². The van der Waals surface area contributed by atoms with Crippen molar-refractivity contribution in [1.82, 2.24) is 0 Å². The first-order valence-corrected chi connectivity index (χ1v) is 8.18. The summed E-state index contributed by atoms with van der Waals surface area (Å²) in [5, 5.41) is 2.24. The molecule has 0 bridgehead atoms.